The van der Waals surface area contributed by atoms with E-state index in [0.29, 0.717) is 0 Å². The van der Waals surface area contributed by atoms with Gasteiger partial charge in [0.25, 0.3) is 0 Å². The number of anilines is 1. The third-order valence-electron chi connectivity index (χ3n) is 3.71. The van der Waals surface area contributed by atoms with Gasteiger partial charge in [-0.1, -0.05) is 13.0 Å². The average Bonchev–Trinajstić information content (AvgIpc) is 2.46. The molecule has 0 atom stereocenters. The molecule has 4 heteroatoms. The second-order valence-corrected chi connectivity index (χ2v) is 5.69. The van der Waals surface area contributed by atoms with E-state index in [4.69, 9.17) is 4.74 Å². The van der Waals surface area contributed by atoms with Gasteiger partial charge in [0.05, 0.1) is 5.69 Å². The quantitative estimate of drug-likeness (QED) is 0.831. The average molecular weight is 277 g/mol. The summed E-state index contributed by atoms with van der Waals surface area (Å²) in [6.45, 7) is 7.05. The van der Waals surface area contributed by atoms with E-state index in [1.807, 2.05) is 6.07 Å². The zero-order valence-electron chi connectivity index (χ0n) is 12.8. The van der Waals surface area contributed by atoms with Crippen LogP contribution in [0.4, 0.5) is 5.82 Å². The van der Waals surface area contributed by atoms with E-state index < -0.39 is 0 Å². The minimum atomic E-state index is 0.773. The predicted molar refractivity (Wildman–Crippen MR) is 82.9 cm³/mol. The number of pyridine rings is 1. The molecule has 2 heterocycles. The minimum absolute atomic E-state index is 0.773. The minimum Gasteiger partial charge on any atom is -0.381 e. The van der Waals surface area contributed by atoms with Gasteiger partial charge < -0.3 is 15.0 Å². The fourth-order valence-electron chi connectivity index (χ4n) is 2.63. The molecule has 1 aromatic heterocycles. The molecule has 0 aromatic carbocycles. The van der Waals surface area contributed by atoms with Gasteiger partial charge >= 0.3 is 0 Å². The van der Waals surface area contributed by atoms with Gasteiger partial charge in [0.15, 0.2) is 0 Å². The number of hydrogen-bond acceptors (Lipinski definition) is 4. The van der Waals surface area contributed by atoms with Crippen molar-refractivity contribution in [1.29, 1.82) is 0 Å². The van der Waals surface area contributed by atoms with Crippen LogP contribution in [0.2, 0.25) is 0 Å². The largest absolute Gasteiger partial charge is 0.381 e. The fourth-order valence-corrected chi connectivity index (χ4v) is 2.63. The molecule has 0 spiro atoms. The monoisotopic (exact) mass is 277 g/mol. The Balaban J connectivity index is 1.81. The van der Waals surface area contributed by atoms with Gasteiger partial charge in [-0.3, -0.25) is 0 Å². The van der Waals surface area contributed by atoms with Crippen molar-refractivity contribution in [2.24, 2.45) is 5.92 Å². The van der Waals surface area contributed by atoms with E-state index in [0.717, 1.165) is 56.7 Å². The standard InChI is InChI=1S/C16H27N3O/c1-3-9-17-16-6-4-5-15(18-16)13-19(2)12-14-7-10-20-11-8-14/h4-6,14H,3,7-13H2,1-2H3,(H,17,18). The van der Waals surface area contributed by atoms with Gasteiger partial charge in [-0.2, -0.15) is 0 Å². The van der Waals surface area contributed by atoms with E-state index in [1.165, 1.54) is 12.8 Å². The zero-order valence-corrected chi connectivity index (χ0v) is 12.8. The van der Waals surface area contributed by atoms with Crippen molar-refractivity contribution in [2.45, 2.75) is 32.7 Å². The summed E-state index contributed by atoms with van der Waals surface area (Å²) in [7, 11) is 2.18. The first-order valence-corrected chi connectivity index (χ1v) is 7.74. The van der Waals surface area contributed by atoms with Crippen LogP contribution in [-0.2, 0) is 11.3 Å². The first-order valence-electron chi connectivity index (χ1n) is 7.74. The Hall–Kier alpha value is -1.13. The third kappa shape index (κ3) is 5.10. The third-order valence-corrected chi connectivity index (χ3v) is 3.71. The summed E-state index contributed by atoms with van der Waals surface area (Å²) in [6.07, 6.45) is 3.50. The van der Waals surface area contributed by atoms with Crippen molar-refractivity contribution >= 4 is 5.82 Å². The van der Waals surface area contributed by atoms with Crippen LogP contribution >= 0.6 is 0 Å². The van der Waals surface area contributed by atoms with E-state index in [-0.39, 0.29) is 0 Å². The lowest BCUT2D eigenvalue weighted by molar-refractivity contribution is 0.0548. The second-order valence-electron chi connectivity index (χ2n) is 5.69. The number of ether oxygens (including phenoxy) is 1. The lowest BCUT2D eigenvalue weighted by Crippen LogP contribution is -2.29. The molecule has 0 bridgehead atoms. The van der Waals surface area contributed by atoms with Gasteiger partial charge in [-0.05, 0) is 44.4 Å². The Morgan fingerprint density at radius 1 is 1.35 bits per heavy atom. The summed E-state index contributed by atoms with van der Waals surface area (Å²) < 4.78 is 5.41. The highest BCUT2D eigenvalue weighted by molar-refractivity contribution is 5.35. The second kappa shape index (κ2) is 8.22. The normalized spacial score (nSPS) is 16.6. The Labute approximate surface area is 122 Å². The topological polar surface area (TPSA) is 37.4 Å². The number of rotatable bonds is 7. The summed E-state index contributed by atoms with van der Waals surface area (Å²) in [4.78, 5) is 7.04. The van der Waals surface area contributed by atoms with Crippen molar-refractivity contribution in [2.75, 3.05) is 38.7 Å². The number of nitrogens with one attached hydrogen (secondary N) is 1. The van der Waals surface area contributed by atoms with Crippen LogP contribution in [0.3, 0.4) is 0 Å². The highest BCUT2D eigenvalue weighted by Gasteiger charge is 2.16. The molecule has 1 aromatic rings. The lowest BCUT2D eigenvalue weighted by atomic mass is 10.00. The van der Waals surface area contributed by atoms with Crippen LogP contribution in [0.25, 0.3) is 0 Å². The fraction of sp³-hybridized carbons (Fsp3) is 0.688. The van der Waals surface area contributed by atoms with Crippen LogP contribution in [0.1, 0.15) is 31.9 Å². The SMILES string of the molecule is CCCNc1cccc(CN(C)CC2CCOCC2)n1. The first kappa shape index (κ1) is 15.3. The van der Waals surface area contributed by atoms with E-state index in [1.54, 1.807) is 0 Å². The number of hydrogen-bond donors (Lipinski definition) is 1. The summed E-state index contributed by atoms with van der Waals surface area (Å²) in [6, 6.07) is 6.23. The molecule has 112 valence electrons. The summed E-state index contributed by atoms with van der Waals surface area (Å²) in [5.41, 5.74) is 1.14. The van der Waals surface area contributed by atoms with E-state index in [2.05, 4.69) is 41.3 Å². The highest BCUT2D eigenvalue weighted by Crippen LogP contribution is 2.16. The molecule has 0 radical (unpaired) electrons. The molecule has 20 heavy (non-hydrogen) atoms. The molecule has 1 N–H and O–H groups in total. The summed E-state index contributed by atoms with van der Waals surface area (Å²) in [5.74, 6) is 1.76. The summed E-state index contributed by atoms with van der Waals surface area (Å²) >= 11 is 0. The smallest absolute Gasteiger partial charge is 0.126 e. The van der Waals surface area contributed by atoms with Gasteiger partial charge in [-0.25, -0.2) is 4.98 Å². The molecule has 1 saturated heterocycles. The van der Waals surface area contributed by atoms with Gasteiger partial charge in [-0.15, -0.1) is 0 Å². The van der Waals surface area contributed by atoms with Crippen molar-refractivity contribution < 1.29 is 4.74 Å². The number of aromatic nitrogens is 1. The maximum absolute atomic E-state index is 5.41. The molecule has 0 saturated carbocycles. The summed E-state index contributed by atoms with van der Waals surface area (Å²) in [5, 5.41) is 3.34. The zero-order chi connectivity index (χ0) is 14.2. The molecule has 1 aliphatic rings. The molecule has 0 unspecified atom stereocenters. The van der Waals surface area contributed by atoms with E-state index >= 15 is 0 Å². The first-order chi connectivity index (χ1) is 9.78. The Kier molecular flexibility index (Phi) is 6.27. The number of nitrogens with zero attached hydrogens (tertiary/aromatic N) is 2. The van der Waals surface area contributed by atoms with Gasteiger partial charge in [0.2, 0.25) is 0 Å². The maximum Gasteiger partial charge on any atom is 0.126 e. The maximum atomic E-state index is 5.41. The van der Waals surface area contributed by atoms with Crippen molar-refractivity contribution in [3.63, 3.8) is 0 Å². The predicted octanol–water partition coefficient (Wildman–Crippen LogP) is 2.76. The molecule has 4 nitrogen and oxygen atoms in total. The van der Waals surface area contributed by atoms with E-state index in [9.17, 15) is 0 Å². The Morgan fingerprint density at radius 2 is 2.15 bits per heavy atom. The van der Waals surface area contributed by atoms with Gasteiger partial charge in [0.1, 0.15) is 5.82 Å². The van der Waals surface area contributed by atoms with Crippen molar-refractivity contribution in [3.05, 3.63) is 23.9 Å². The molecule has 0 amide bonds. The van der Waals surface area contributed by atoms with Gasteiger partial charge in [0, 0.05) is 32.8 Å². The van der Waals surface area contributed by atoms with Crippen LogP contribution < -0.4 is 5.32 Å². The Bertz CT molecular complexity index is 391. The van der Waals surface area contributed by atoms with Crippen molar-refractivity contribution in [1.82, 2.24) is 9.88 Å². The van der Waals surface area contributed by atoms with Crippen LogP contribution in [0, 0.1) is 5.92 Å². The molecular formula is C16H27N3O. The van der Waals surface area contributed by atoms with Crippen LogP contribution in [0.15, 0.2) is 18.2 Å². The van der Waals surface area contributed by atoms with Crippen LogP contribution in [0.5, 0.6) is 0 Å². The molecule has 1 fully saturated rings. The molecule has 1 aliphatic heterocycles. The molecule has 2 rings (SSSR count). The molecular weight excluding hydrogens is 250 g/mol. The molecule has 0 aliphatic carbocycles. The highest BCUT2D eigenvalue weighted by atomic mass is 16.5. The lowest BCUT2D eigenvalue weighted by Gasteiger charge is -2.27. The Morgan fingerprint density at radius 3 is 2.90 bits per heavy atom. The van der Waals surface area contributed by atoms with Crippen LogP contribution in [-0.4, -0.2) is 43.2 Å². The van der Waals surface area contributed by atoms with Crippen molar-refractivity contribution in [3.8, 4) is 0 Å².